The Labute approximate surface area is 190 Å². The SMILES string of the molecule is COC(=O)/C=C/c1cc(F)cc(C[Si](Oc2ccc(OC)cc2C#N)(C(C)C)C(C)C)c1. The highest BCUT2D eigenvalue weighted by atomic mass is 28.4. The quantitative estimate of drug-likeness (QED) is 0.271. The predicted octanol–water partition coefficient (Wildman–Crippen LogP) is 5.82. The normalized spacial score (nSPS) is 11.6. The Balaban J connectivity index is 2.49. The molecule has 2 aromatic carbocycles. The smallest absolute Gasteiger partial charge is 0.330 e. The standard InChI is InChI=1S/C25H30FNO4Si/c1-17(2)32(18(3)4,31-24-9-8-23(29-5)14-21(24)15-27)16-20-11-19(12-22(26)13-20)7-10-25(28)30-6/h7-14,17-18H,16H2,1-6H3/b10-7+. The van der Waals surface area contributed by atoms with E-state index in [4.69, 9.17) is 9.16 Å². The second-order valence-corrected chi connectivity index (χ2v) is 13.0. The molecule has 0 aliphatic heterocycles. The van der Waals surface area contributed by atoms with Crippen molar-refractivity contribution >= 4 is 20.4 Å². The minimum atomic E-state index is -2.58. The van der Waals surface area contributed by atoms with Crippen LogP contribution in [0.2, 0.25) is 11.1 Å². The van der Waals surface area contributed by atoms with Crippen molar-refractivity contribution in [2.24, 2.45) is 0 Å². The summed E-state index contributed by atoms with van der Waals surface area (Å²) in [5.41, 5.74) is 2.14. The lowest BCUT2D eigenvalue weighted by molar-refractivity contribution is -0.134. The monoisotopic (exact) mass is 455 g/mol. The molecule has 0 fully saturated rings. The van der Waals surface area contributed by atoms with Crippen molar-refractivity contribution in [3.05, 3.63) is 65.0 Å². The number of ether oxygens (including phenoxy) is 2. The van der Waals surface area contributed by atoms with Gasteiger partial charge in [0.1, 0.15) is 23.4 Å². The minimum Gasteiger partial charge on any atom is -0.542 e. The van der Waals surface area contributed by atoms with Gasteiger partial charge >= 0.3 is 5.97 Å². The maximum absolute atomic E-state index is 14.4. The first-order valence-electron chi connectivity index (χ1n) is 10.5. The molecule has 0 aromatic heterocycles. The molecule has 0 unspecified atom stereocenters. The molecule has 170 valence electrons. The van der Waals surface area contributed by atoms with E-state index < -0.39 is 14.3 Å². The third-order valence-electron chi connectivity index (χ3n) is 5.64. The highest BCUT2D eigenvalue weighted by Crippen LogP contribution is 2.39. The van der Waals surface area contributed by atoms with Crippen molar-refractivity contribution < 1.29 is 23.1 Å². The summed E-state index contributed by atoms with van der Waals surface area (Å²) in [5, 5.41) is 9.63. The van der Waals surface area contributed by atoms with E-state index in [1.54, 1.807) is 25.3 Å². The topological polar surface area (TPSA) is 68.6 Å². The zero-order valence-corrected chi connectivity index (χ0v) is 20.4. The summed E-state index contributed by atoms with van der Waals surface area (Å²) in [6, 6.07) is 12.7. The van der Waals surface area contributed by atoms with E-state index in [1.807, 2.05) is 6.07 Å². The maximum Gasteiger partial charge on any atom is 0.330 e. The molecule has 0 aliphatic carbocycles. The number of hydrogen-bond acceptors (Lipinski definition) is 5. The molecule has 0 heterocycles. The van der Waals surface area contributed by atoms with Crippen molar-refractivity contribution in [1.82, 2.24) is 0 Å². The zero-order chi connectivity index (χ0) is 23.9. The van der Waals surface area contributed by atoms with E-state index in [9.17, 15) is 14.4 Å². The van der Waals surface area contributed by atoms with Crippen LogP contribution in [0, 0.1) is 17.1 Å². The van der Waals surface area contributed by atoms with Gasteiger partial charge in [0.25, 0.3) is 8.32 Å². The van der Waals surface area contributed by atoms with Crippen molar-refractivity contribution in [2.45, 2.75) is 44.8 Å². The molecule has 0 saturated carbocycles. The molecule has 0 aliphatic rings. The summed E-state index contributed by atoms with van der Waals surface area (Å²) >= 11 is 0. The summed E-state index contributed by atoms with van der Waals surface area (Å²) < 4.78 is 30.9. The van der Waals surface area contributed by atoms with E-state index in [-0.39, 0.29) is 16.9 Å². The second-order valence-electron chi connectivity index (χ2n) is 8.27. The van der Waals surface area contributed by atoms with E-state index in [2.05, 4.69) is 38.5 Å². The van der Waals surface area contributed by atoms with Gasteiger partial charge in [0.05, 0.1) is 19.8 Å². The molecule has 0 spiro atoms. The molecule has 5 nitrogen and oxygen atoms in total. The number of hydrogen-bond donors (Lipinski definition) is 0. The molecular weight excluding hydrogens is 425 g/mol. The van der Waals surface area contributed by atoms with Gasteiger partial charge in [-0.3, -0.25) is 0 Å². The van der Waals surface area contributed by atoms with Crippen molar-refractivity contribution in [2.75, 3.05) is 14.2 Å². The molecule has 32 heavy (non-hydrogen) atoms. The number of rotatable bonds is 9. The van der Waals surface area contributed by atoms with Gasteiger partial charge in [0, 0.05) is 18.2 Å². The molecule has 2 rings (SSSR count). The highest BCUT2D eigenvalue weighted by Gasteiger charge is 2.44. The van der Waals surface area contributed by atoms with E-state index >= 15 is 0 Å². The van der Waals surface area contributed by atoms with Gasteiger partial charge in [-0.2, -0.15) is 5.26 Å². The van der Waals surface area contributed by atoms with Crippen LogP contribution in [0.4, 0.5) is 4.39 Å². The lowest BCUT2D eigenvalue weighted by Crippen LogP contribution is -2.50. The molecule has 0 bridgehead atoms. The van der Waals surface area contributed by atoms with Gasteiger partial charge in [-0.25, -0.2) is 9.18 Å². The minimum absolute atomic E-state index is 0.188. The number of benzene rings is 2. The first-order valence-corrected chi connectivity index (χ1v) is 12.7. The number of carbonyl (C=O) groups excluding carboxylic acids is 1. The second kappa shape index (κ2) is 11.0. The number of esters is 1. The predicted molar refractivity (Wildman–Crippen MR) is 125 cm³/mol. The van der Waals surface area contributed by atoms with Gasteiger partial charge in [-0.15, -0.1) is 0 Å². The van der Waals surface area contributed by atoms with Crippen LogP contribution in [0.25, 0.3) is 6.08 Å². The summed E-state index contributed by atoms with van der Waals surface area (Å²) in [6.07, 6.45) is 2.80. The number of methoxy groups -OCH3 is 2. The van der Waals surface area contributed by atoms with Gasteiger partial charge in [0.2, 0.25) is 0 Å². The van der Waals surface area contributed by atoms with E-state index in [1.165, 1.54) is 31.4 Å². The molecule has 0 amide bonds. The van der Waals surface area contributed by atoms with E-state index in [0.29, 0.717) is 28.7 Å². The van der Waals surface area contributed by atoms with Crippen LogP contribution in [0.3, 0.4) is 0 Å². The van der Waals surface area contributed by atoms with Gasteiger partial charge < -0.3 is 13.9 Å². The summed E-state index contributed by atoms with van der Waals surface area (Å²) in [4.78, 5) is 11.4. The third-order valence-corrected chi connectivity index (χ3v) is 11.1. The summed E-state index contributed by atoms with van der Waals surface area (Å²) in [6.45, 7) is 8.44. The Morgan fingerprint density at radius 3 is 2.38 bits per heavy atom. The fraction of sp³-hybridized carbons (Fsp3) is 0.360. The summed E-state index contributed by atoms with van der Waals surface area (Å²) in [7, 11) is 0.264. The largest absolute Gasteiger partial charge is 0.542 e. The van der Waals surface area contributed by atoms with Crippen LogP contribution in [0.1, 0.15) is 44.4 Å². The Morgan fingerprint density at radius 2 is 1.81 bits per heavy atom. The molecule has 7 heteroatoms. The van der Waals surface area contributed by atoms with E-state index in [0.717, 1.165) is 5.56 Å². The lowest BCUT2D eigenvalue weighted by atomic mass is 10.1. The number of nitriles is 1. The first-order chi connectivity index (χ1) is 15.1. The maximum atomic E-state index is 14.4. The van der Waals surface area contributed by atoms with Crippen LogP contribution in [0.5, 0.6) is 11.5 Å². The summed E-state index contributed by atoms with van der Waals surface area (Å²) in [5.74, 6) is 0.215. The molecule has 0 N–H and O–H groups in total. The fourth-order valence-electron chi connectivity index (χ4n) is 3.79. The van der Waals surface area contributed by atoms with Crippen LogP contribution < -0.4 is 9.16 Å². The zero-order valence-electron chi connectivity index (χ0n) is 19.4. The molecule has 0 saturated heterocycles. The van der Waals surface area contributed by atoms with Crippen LogP contribution in [0.15, 0.2) is 42.5 Å². The van der Waals surface area contributed by atoms with Crippen molar-refractivity contribution in [3.63, 3.8) is 0 Å². The molecule has 0 atom stereocenters. The van der Waals surface area contributed by atoms with Crippen molar-refractivity contribution in [3.8, 4) is 17.6 Å². The highest BCUT2D eigenvalue weighted by molar-refractivity contribution is 6.76. The Hall–Kier alpha value is -3.11. The van der Waals surface area contributed by atoms with Crippen LogP contribution in [-0.4, -0.2) is 28.5 Å². The van der Waals surface area contributed by atoms with Gasteiger partial charge in [0.15, 0.2) is 0 Å². The van der Waals surface area contributed by atoms with Gasteiger partial charge in [-0.05, 0) is 52.6 Å². The van der Waals surface area contributed by atoms with Crippen molar-refractivity contribution in [1.29, 1.82) is 5.26 Å². The average molecular weight is 456 g/mol. The first kappa shape index (κ1) is 25.2. The van der Waals surface area contributed by atoms with Crippen LogP contribution >= 0.6 is 0 Å². The number of carbonyl (C=O) groups is 1. The third kappa shape index (κ3) is 5.98. The fourth-order valence-corrected chi connectivity index (χ4v) is 7.91. The number of halogens is 1. The Kier molecular flexibility index (Phi) is 8.61. The number of nitrogens with zero attached hydrogens (tertiary/aromatic N) is 1. The molecular formula is C25H30FNO4Si. The van der Waals surface area contributed by atoms with Gasteiger partial charge in [-0.1, -0.05) is 33.8 Å². The molecule has 2 aromatic rings. The Morgan fingerprint density at radius 1 is 1.12 bits per heavy atom. The lowest BCUT2D eigenvalue weighted by Gasteiger charge is -2.39. The molecule has 0 radical (unpaired) electrons. The Bertz CT molecular complexity index is 1020. The average Bonchev–Trinajstić information content (AvgIpc) is 2.76. The van der Waals surface area contributed by atoms with Crippen LogP contribution in [-0.2, 0) is 15.6 Å².